The average Bonchev–Trinajstić information content (AvgIpc) is 1.81. The molecule has 0 aromatic heterocycles. The maximum absolute atomic E-state index is 12.2. The van der Waals surface area contributed by atoms with Gasteiger partial charge in [0.05, 0.1) is 0 Å². The van der Waals surface area contributed by atoms with Gasteiger partial charge in [-0.05, 0) is 6.42 Å². The monoisotopic (exact) mass is 194 g/mol. The summed E-state index contributed by atoms with van der Waals surface area (Å²) >= 11 is 0. The smallest absolute Gasteiger partial charge is 0.743 e. The number of hydrogen-bond acceptors (Lipinski definition) is 3. The van der Waals surface area contributed by atoms with Crippen LogP contribution >= 0.6 is 0 Å². The number of rotatable bonds is 4. The molecule has 0 aliphatic heterocycles. The molecule has 0 bridgehead atoms. The van der Waals surface area contributed by atoms with Crippen molar-refractivity contribution in [3.63, 3.8) is 0 Å². The topological polar surface area (TPSA) is 57.2 Å². The van der Waals surface area contributed by atoms with Gasteiger partial charge in [-0.25, -0.2) is 8.42 Å². The van der Waals surface area contributed by atoms with Crippen molar-refractivity contribution in [2.24, 2.45) is 0 Å². The first-order valence-corrected chi connectivity index (χ1v) is 4.55. The Morgan fingerprint density at radius 2 is 1.83 bits per heavy atom. The van der Waals surface area contributed by atoms with Crippen LogP contribution in [-0.4, -0.2) is 18.2 Å². The molecule has 0 rings (SSSR count). The summed E-state index contributed by atoms with van der Waals surface area (Å²) in [6, 6.07) is 0. The van der Waals surface area contributed by atoms with E-state index in [1.807, 2.05) is 0 Å². The number of unbranched alkanes of at least 4 members (excludes halogenated alkanes) is 1. The van der Waals surface area contributed by atoms with Gasteiger partial charge in [-0.3, -0.25) is 0 Å². The third-order valence-electron chi connectivity index (χ3n) is 1.19. The second-order valence-corrected chi connectivity index (χ2v) is 3.70. The Balaban J connectivity index is 0. The first-order chi connectivity index (χ1) is 4.81. The molecule has 0 N–H and O–H groups in total. The minimum Gasteiger partial charge on any atom is -0.743 e. The third kappa shape index (κ3) is 4.41. The van der Waals surface area contributed by atoms with Crippen molar-refractivity contribution in [2.45, 2.75) is 31.4 Å². The van der Waals surface area contributed by atoms with E-state index in [-0.39, 0.29) is 25.3 Å². The molecular weight excluding hydrogens is 185 g/mol. The minimum atomic E-state index is -5.46. The normalized spacial score (nSPS) is 12.3. The maximum Gasteiger partial charge on any atom is 1.00 e. The molecule has 12 heavy (non-hydrogen) atoms. The molecule has 3 nitrogen and oxygen atoms in total. The van der Waals surface area contributed by atoms with E-state index in [0.29, 0.717) is 6.42 Å². The van der Waals surface area contributed by atoms with Crippen LogP contribution in [0.15, 0.2) is 0 Å². The van der Waals surface area contributed by atoms with Crippen molar-refractivity contribution in [1.29, 1.82) is 0 Å². The van der Waals surface area contributed by atoms with E-state index in [0.717, 1.165) is 0 Å². The van der Waals surface area contributed by atoms with Gasteiger partial charge in [-0.2, -0.15) is 8.78 Å². The van der Waals surface area contributed by atoms with Crippen LogP contribution in [0.4, 0.5) is 8.78 Å². The van der Waals surface area contributed by atoms with Crippen LogP contribution in [0, 0.1) is 0 Å². The maximum atomic E-state index is 12.2. The summed E-state index contributed by atoms with van der Waals surface area (Å²) in [7, 11) is -5.46. The van der Waals surface area contributed by atoms with Gasteiger partial charge in [0, 0.05) is 6.42 Å². The van der Waals surface area contributed by atoms with E-state index in [2.05, 4.69) is 0 Å². The Kier molecular flexibility index (Phi) is 6.41. The molecular formula is C5H9F2LiO3S. The van der Waals surface area contributed by atoms with E-state index >= 15 is 0 Å². The molecule has 0 saturated carbocycles. The number of halogens is 2. The fourth-order valence-corrected chi connectivity index (χ4v) is 0.902. The summed E-state index contributed by atoms with van der Waals surface area (Å²) in [5.74, 6) is 0. The van der Waals surface area contributed by atoms with Gasteiger partial charge in [-0.15, -0.1) is 0 Å². The third-order valence-corrected chi connectivity index (χ3v) is 2.12. The molecule has 68 valence electrons. The van der Waals surface area contributed by atoms with Crippen molar-refractivity contribution in [3.05, 3.63) is 0 Å². The molecule has 7 heteroatoms. The number of hydrogen-bond donors (Lipinski definition) is 0. The van der Waals surface area contributed by atoms with E-state index < -0.39 is 21.8 Å². The fraction of sp³-hybridized carbons (Fsp3) is 1.00. The predicted octanol–water partition coefficient (Wildman–Crippen LogP) is -1.68. The molecule has 0 aromatic rings. The van der Waals surface area contributed by atoms with Gasteiger partial charge in [0.1, 0.15) is 0 Å². The zero-order valence-corrected chi connectivity index (χ0v) is 7.83. The fourth-order valence-electron chi connectivity index (χ4n) is 0.508. The van der Waals surface area contributed by atoms with E-state index in [1.54, 1.807) is 6.92 Å². The summed E-state index contributed by atoms with van der Waals surface area (Å²) < 4.78 is 54.0. The van der Waals surface area contributed by atoms with Crippen molar-refractivity contribution in [1.82, 2.24) is 0 Å². The van der Waals surface area contributed by atoms with Crippen LogP contribution in [0.3, 0.4) is 0 Å². The molecule has 0 aromatic carbocycles. The summed E-state index contributed by atoms with van der Waals surface area (Å²) in [5, 5.41) is -4.09. The Hall–Kier alpha value is 0.367. The van der Waals surface area contributed by atoms with E-state index in [1.165, 1.54) is 0 Å². The van der Waals surface area contributed by atoms with Crippen LogP contribution in [0.1, 0.15) is 26.2 Å². The van der Waals surface area contributed by atoms with Crippen LogP contribution in [-0.2, 0) is 10.1 Å². The van der Waals surface area contributed by atoms with Gasteiger partial charge in [0.15, 0.2) is 10.1 Å². The largest absolute Gasteiger partial charge is 1.00 e. The van der Waals surface area contributed by atoms with Crippen molar-refractivity contribution < 1.29 is 40.6 Å². The molecule has 0 heterocycles. The summed E-state index contributed by atoms with van der Waals surface area (Å²) in [6.45, 7) is 1.63. The molecule has 0 aliphatic carbocycles. The molecule has 0 unspecified atom stereocenters. The Morgan fingerprint density at radius 3 is 2.08 bits per heavy atom. The molecule has 0 atom stereocenters. The second kappa shape index (κ2) is 5.17. The van der Waals surface area contributed by atoms with Crippen molar-refractivity contribution >= 4 is 10.1 Å². The van der Waals surface area contributed by atoms with Crippen LogP contribution in [0.5, 0.6) is 0 Å². The second-order valence-electron chi connectivity index (χ2n) is 2.20. The first kappa shape index (κ1) is 14.9. The van der Waals surface area contributed by atoms with Crippen LogP contribution in [0.25, 0.3) is 0 Å². The summed E-state index contributed by atoms with van der Waals surface area (Å²) in [4.78, 5) is 0. The van der Waals surface area contributed by atoms with E-state index in [9.17, 15) is 21.8 Å². The van der Waals surface area contributed by atoms with Gasteiger partial charge in [0.25, 0.3) is 0 Å². The zero-order chi connectivity index (χ0) is 9.12. The molecule has 0 amide bonds. The molecule has 0 fully saturated rings. The first-order valence-electron chi connectivity index (χ1n) is 3.14. The van der Waals surface area contributed by atoms with Gasteiger partial charge in [0.2, 0.25) is 0 Å². The quantitative estimate of drug-likeness (QED) is 0.396. The van der Waals surface area contributed by atoms with Gasteiger partial charge in [-0.1, -0.05) is 13.3 Å². The van der Waals surface area contributed by atoms with Gasteiger partial charge >= 0.3 is 24.1 Å². The molecule has 0 spiro atoms. The Bertz CT molecular complexity index is 215. The average molecular weight is 194 g/mol. The van der Waals surface area contributed by atoms with Crippen molar-refractivity contribution in [2.75, 3.05) is 0 Å². The predicted molar refractivity (Wildman–Crippen MR) is 34.2 cm³/mol. The van der Waals surface area contributed by atoms with E-state index in [4.69, 9.17) is 0 Å². The van der Waals surface area contributed by atoms with Gasteiger partial charge < -0.3 is 4.55 Å². The SMILES string of the molecule is CCCCC(F)(F)S(=O)(=O)[O-].[Li+]. The summed E-state index contributed by atoms with van der Waals surface area (Å²) in [6.07, 6.45) is -0.408. The zero-order valence-electron chi connectivity index (χ0n) is 7.01. The Morgan fingerprint density at radius 1 is 1.42 bits per heavy atom. The summed E-state index contributed by atoms with van der Waals surface area (Å²) in [5.41, 5.74) is 0. The van der Waals surface area contributed by atoms with Crippen molar-refractivity contribution in [3.8, 4) is 0 Å². The van der Waals surface area contributed by atoms with Crippen LogP contribution in [0.2, 0.25) is 0 Å². The standard InChI is InChI=1S/C5H10F2O3S.Li/c1-2-3-4-5(6,7)11(8,9)10;/h2-4H2,1H3,(H,8,9,10);/q;+1/p-1. The number of alkyl halides is 2. The minimum absolute atomic E-state index is 0. The Labute approximate surface area is 82.5 Å². The molecule has 0 saturated heterocycles. The van der Waals surface area contributed by atoms with Crippen LogP contribution < -0.4 is 18.9 Å². The molecule has 0 radical (unpaired) electrons. The molecule has 0 aliphatic rings.